The average molecular weight is 263 g/mol. The molecule has 0 radical (unpaired) electrons. The molecule has 0 saturated carbocycles. The number of carbonyl (C=O) groups is 2. The molecule has 0 bridgehead atoms. The minimum atomic E-state index is -0.954. The standard InChI is InChI=1S/C14H17NO4/c1-2-9-15(10-8-13(16)17)14(18)19-11-12-6-4-3-5-7-12/h2-7H,1,8-11H2,(H,16,17). The van der Waals surface area contributed by atoms with Crippen molar-refractivity contribution in [3.8, 4) is 0 Å². The summed E-state index contributed by atoms with van der Waals surface area (Å²) < 4.78 is 5.12. The monoisotopic (exact) mass is 263 g/mol. The van der Waals surface area contributed by atoms with Gasteiger partial charge in [-0.2, -0.15) is 0 Å². The number of amides is 1. The van der Waals surface area contributed by atoms with Gasteiger partial charge in [-0.1, -0.05) is 36.4 Å². The first-order valence-corrected chi connectivity index (χ1v) is 5.92. The van der Waals surface area contributed by atoms with Crippen molar-refractivity contribution >= 4 is 12.1 Å². The Morgan fingerprint density at radius 3 is 2.58 bits per heavy atom. The smallest absolute Gasteiger partial charge is 0.410 e. The van der Waals surface area contributed by atoms with Crippen LogP contribution in [0.15, 0.2) is 43.0 Å². The number of rotatable bonds is 7. The van der Waals surface area contributed by atoms with E-state index in [0.717, 1.165) is 5.56 Å². The fourth-order valence-corrected chi connectivity index (χ4v) is 1.45. The van der Waals surface area contributed by atoms with Crippen molar-refractivity contribution in [2.24, 2.45) is 0 Å². The highest BCUT2D eigenvalue weighted by atomic mass is 16.6. The van der Waals surface area contributed by atoms with Crippen LogP contribution in [0, 0.1) is 0 Å². The van der Waals surface area contributed by atoms with E-state index in [-0.39, 0.29) is 26.1 Å². The second-order valence-electron chi connectivity index (χ2n) is 3.92. The number of hydrogen-bond donors (Lipinski definition) is 1. The Bertz CT molecular complexity index is 430. The SMILES string of the molecule is C=CCN(CCC(=O)O)C(=O)OCc1ccccc1. The van der Waals surface area contributed by atoms with Crippen LogP contribution in [0.4, 0.5) is 4.79 Å². The van der Waals surface area contributed by atoms with Gasteiger partial charge in [-0.05, 0) is 5.56 Å². The van der Waals surface area contributed by atoms with E-state index >= 15 is 0 Å². The van der Waals surface area contributed by atoms with Crippen LogP contribution in [-0.2, 0) is 16.1 Å². The van der Waals surface area contributed by atoms with Gasteiger partial charge in [0.25, 0.3) is 0 Å². The van der Waals surface area contributed by atoms with Gasteiger partial charge >= 0.3 is 12.1 Å². The Kier molecular flexibility index (Phi) is 6.15. The zero-order valence-corrected chi connectivity index (χ0v) is 10.6. The minimum Gasteiger partial charge on any atom is -0.481 e. The fraction of sp³-hybridized carbons (Fsp3) is 0.286. The molecule has 0 spiro atoms. The number of aliphatic carboxylic acids is 1. The van der Waals surface area contributed by atoms with Gasteiger partial charge in [0, 0.05) is 13.1 Å². The molecule has 1 amide bonds. The molecule has 19 heavy (non-hydrogen) atoms. The van der Waals surface area contributed by atoms with Crippen LogP contribution in [0.2, 0.25) is 0 Å². The second kappa shape index (κ2) is 7.92. The summed E-state index contributed by atoms with van der Waals surface area (Å²) in [5, 5.41) is 8.62. The Labute approximate surface area is 112 Å². The quantitative estimate of drug-likeness (QED) is 0.766. The van der Waals surface area contributed by atoms with Crippen LogP contribution in [0.1, 0.15) is 12.0 Å². The molecule has 0 atom stereocenters. The summed E-state index contributed by atoms with van der Waals surface area (Å²) in [5.74, 6) is -0.954. The molecule has 1 aromatic carbocycles. The molecule has 0 fully saturated rings. The maximum atomic E-state index is 11.8. The highest BCUT2D eigenvalue weighted by molar-refractivity contribution is 5.70. The third-order valence-electron chi connectivity index (χ3n) is 2.41. The number of nitrogens with zero attached hydrogens (tertiary/aromatic N) is 1. The Balaban J connectivity index is 2.47. The first kappa shape index (κ1) is 14.8. The summed E-state index contributed by atoms with van der Waals surface area (Å²) in [7, 11) is 0. The van der Waals surface area contributed by atoms with Crippen LogP contribution >= 0.6 is 0 Å². The van der Waals surface area contributed by atoms with E-state index in [0.29, 0.717) is 0 Å². The molecule has 1 N–H and O–H groups in total. The molecule has 5 nitrogen and oxygen atoms in total. The number of hydrogen-bond acceptors (Lipinski definition) is 3. The molecule has 102 valence electrons. The van der Waals surface area contributed by atoms with Crippen molar-refractivity contribution in [1.82, 2.24) is 4.90 Å². The summed E-state index contributed by atoms with van der Waals surface area (Å²) in [6, 6.07) is 9.29. The van der Waals surface area contributed by atoms with E-state index in [1.807, 2.05) is 30.3 Å². The first-order chi connectivity index (χ1) is 9.13. The highest BCUT2D eigenvalue weighted by Crippen LogP contribution is 2.04. The average Bonchev–Trinajstić information content (AvgIpc) is 2.41. The molecule has 5 heteroatoms. The van der Waals surface area contributed by atoms with E-state index in [4.69, 9.17) is 9.84 Å². The number of carboxylic acids is 1. The largest absolute Gasteiger partial charge is 0.481 e. The van der Waals surface area contributed by atoms with Crippen LogP contribution in [0.5, 0.6) is 0 Å². The number of carboxylic acid groups (broad SMARTS) is 1. The predicted molar refractivity (Wildman–Crippen MR) is 70.6 cm³/mol. The molecule has 0 unspecified atom stereocenters. The molecule has 0 heterocycles. The van der Waals surface area contributed by atoms with Gasteiger partial charge in [0.1, 0.15) is 6.61 Å². The van der Waals surface area contributed by atoms with Gasteiger partial charge in [0.2, 0.25) is 0 Å². The predicted octanol–water partition coefficient (Wildman–Crippen LogP) is 2.29. The summed E-state index contributed by atoms with van der Waals surface area (Å²) in [5.41, 5.74) is 0.882. The fourth-order valence-electron chi connectivity index (χ4n) is 1.45. The van der Waals surface area contributed by atoms with Gasteiger partial charge in [-0.3, -0.25) is 4.79 Å². The first-order valence-electron chi connectivity index (χ1n) is 5.92. The molecule has 1 aromatic rings. The van der Waals surface area contributed by atoms with Crippen molar-refractivity contribution in [2.75, 3.05) is 13.1 Å². The Morgan fingerprint density at radius 2 is 2.00 bits per heavy atom. The maximum absolute atomic E-state index is 11.8. The summed E-state index contributed by atoms with van der Waals surface area (Å²) in [6.07, 6.45) is 0.880. The van der Waals surface area contributed by atoms with Crippen molar-refractivity contribution < 1.29 is 19.4 Å². The lowest BCUT2D eigenvalue weighted by Crippen LogP contribution is -2.33. The van der Waals surface area contributed by atoms with Crippen molar-refractivity contribution in [1.29, 1.82) is 0 Å². The second-order valence-corrected chi connectivity index (χ2v) is 3.92. The normalized spacial score (nSPS) is 9.68. The number of ether oxygens (including phenoxy) is 1. The Morgan fingerprint density at radius 1 is 1.32 bits per heavy atom. The van der Waals surface area contributed by atoms with E-state index in [2.05, 4.69) is 6.58 Å². The molecule has 1 rings (SSSR count). The van der Waals surface area contributed by atoms with Crippen LogP contribution in [-0.4, -0.2) is 35.2 Å². The third-order valence-corrected chi connectivity index (χ3v) is 2.41. The van der Waals surface area contributed by atoms with Crippen molar-refractivity contribution in [2.45, 2.75) is 13.0 Å². The van der Waals surface area contributed by atoms with E-state index in [9.17, 15) is 9.59 Å². The Hall–Kier alpha value is -2.30. The highest BCUT2D eigenvalue weighted by Gasteiger charge is 2.14. The molecular formula is C14H17NO4. The molecule has 0 saturated heterocycles. The molecule has 0 aliphatic carbocycles. The molecule has 0 aromatic heterocycles. The van der Waals surface area contributed by atoms with Crippen LogP contribution in [0.25, 0.3) is 0 Å². The van der Waals surface area contributed by atoms with Gasteiger partial charge in [-0.15, -0.1) is 6.58 Å². The van der Waals surface area contributed by atoms with E-state index in [1.165, 1.54) is 11.0 Å². The van der Waals surface area contributed by atoms with Crippen LogP contribution < -0.4 is 0 Å². The van der Waals surface area contributed by atoms with Crippen molar-refractivity contribution in [3.63, 3.8) is 0 Å². The summed E-state index contributed by atoms with van der Waals surface area (Å²) in [4.78, 5) is 23.6. The molecular weight excluding hydrogens is 246 g/mol. The van der Waals surface area contributed by atoms with Gasteiger partial charge in [-0.25, -0.2) is 4.79 Å². The van der Waals surface area contributed by atoms with Gasteiger partial charge in [0.15, 0.2) is 0 Å². The topological polar surface area (TPSA) is 66.8 Å². The lowest BCUT2D eigenvalue weighted by Gasteiger charge is -2.19. The van der Waals surface area contributed by atoms with E-state index in [1.54, 1.807) is 0 Å². The van der Waals surface area contributed by atoms with Gasteiger partial charge in [0.05, 0.1) is 6.42 Å². The summed E-state index contributed by atoms with van der Waals surface area (Å²) in [6.45, 7) is 4.07. The summed E-state index contributed by atoms with van der Waals surface area (Å²) >= 11 is 0. The minimum absolute atomic E-state index is 0.106. The molecule has 0 aliphatic heterocycles. The van der Waals surface area contributed by atoms with E-state index < -0.39 is 12.1 Å². The third kappa shape index (κ3) is 5.72. The van der Waals surface area contributed by atoms with Crippen LogP contribution in [0.3, 0.4) is 0 Å². The molecule has 0 aliphatic rings. The lowest BCUT2D eigenvalue weighted by atomic mass is 10.2. The zero-order valence-electron chi connectivity index (χ0n) is 10.6. The lowest BCUT2D eigenvalue weighted by molar-refractivity contribution is -0.137. The zero-order chi connectivity index (χ0) is 14.1. The van der Waals surface area contributed by atoms with Gasteiger partial charge < -0.3 is 14.7 Å². The van der Waals surface area contributed by atoms with Crippen molar-refractivity contribution in [3.05, 3.63) is 48.6 Å². The number of carbonyl (C=O) groups excluding carboxylic acids is 1. The number of benzene rings is 1. The maximum Gasteiger partial charge on any atom is 0.410 e.